The standard InChI is InChI=1S/C31H33N3O9/c1-33(2)23-18-12-15-11-17-16(13-5-7-14(8-6-13)24(36)30(42)34(3)4)9-10-19(35)21(17)25(37)20(15)27(39)31(18,43)28(40)22(26(23)38)29(32)41/h5-10,15,18,23-24,35-36,38-39,43H,11-12H2,1-4H3,(H2,32,41)/t15-,18+,23?,24?,31+/m1/s1. The average molecular weight is 592 g/mol. The summed E-state index contributed by atoms with van der Waals surface area (Å²) in [6.45, 7) is 0. The molecule has 3 aliphatic rings. The molecule has 7 N–H and O–H groups in total. The first-order chi connectivity index (χ1) is 20.1. The highest BCUT2D eigenvalue weighted by molar-refractivity contribution is 6.24. The Labute approximate surface area is 247 Å². The van der Waals surface area contributed by atoms with E-state index in [1.807, 2.05) is 0 Å². The van der Waals surface area contributed by atoms with Gasteiger partial charge in [0.2, 0.25) is 5.78 Å². The SMILES string of the molecule is CN(C)C(=O)C(O)c1ccc(-c2ccc(O)c3c2C[C@@H]2C[C@H]4C(N(C)C)C(O)=C(C(N)=O)C(=O)[C@@]4(O)C(O)=C2C3=O)cc1. The molecule has 2 unspecified atom stereocenters. The van der Waals surface area contributed by atoms with Crippen LogP contribution in [0.15, 0.2) is 59.1 Å². The molecular weight excluding hydrogens is 558 g/mol. The molecule has 0 heterocycles. The number of nitrogens with two attached hydrogens (primary N) is 1. The lowest BCUT2D eigenvalue weighted by molar-refractivity contribution is -0.148. The van der Waals surface area contributed by atoms with Crippen molar-refractivity contribution in [3.8, 4) is 16.9 Å². The third kappa shape index (κ3) is 4.32. The van der Waals surface area contributed by atoms with Crippen molar-refractivity contribution in [2.45, 2.75) is 30.6 Å². The molecular formula is C31H33N3O9. The summed E-state index contributed by atoms with van der Waals surface area (Å²) in [4.78, 5) is 54.5. The Morgan fingerprint density at radius 3 is 2.19 bits per heavy atom. The Balaban J connectivity index is 1.63. The van der Waals surface area contributed by atoms with E-state index in [4.69, 9.17) is 5.73 Å². The first-order valence-corrected chi connectivity index (χ1v) is 13.6. The van der Waals surface area contributed by atoms with Gasteiger partial charge in [-0.15, -0.1) is 0 Å². The molecule has 226 valence electrons. The predicted molar refractivity (Wildman–Crippen MR) is 153 cm³/mol. The normalized spacial score (nSPS) is 25.7. The van der Waals surface area contributed by atoms with Crippen molar-refractivity contribution in [3.05, 3.63) is 75.8 Å². The summed E-state index contributed by atoms with van der Waals surface area (Å²) in [7, 11) is 6.20. The molecule has 43 heavy (non-hydrogen) atoms. The average Bonchev–Trinajstić information content (AvgIpc) is 2.94. The van der Waals surface area contributed by atoms with Gasteiger partial charge in [0.1, 0.15) is 22.8 Å². The van der Waals surface area contributed by atoms with Gasteiger partial charge in [-0.05, 0) is 61.2 Å². The van der Waals surface area contributed by atoms with Gasteiger partial charge in [-0.2, -0.15) is 0 Å². The van der Waals surface area contributed by atoms with E-state index in [1.54, 1.807) is 44.4 Å². The lowest BCUT2D eigenvalue weighted by Gasteiger charge is -2.50. The van der Waals surface area contributed by atoms with Gasteiger partial charge in [0.25, 0.3) is 11.8 Å². The van der Waals surface area contributed by atoms with Crippen LogP contribution in [0.2, 0.25) is 0 Å². The maximum atomic E-state index is 13.9. The predicted octanol–water partition coefficient (Wildman–Crippen LogP) is 0.909. The van der Waals surface area contributed by atoms with E-state index >= 15 is 0 Å². The fourth-order valence-electron chi connectivity index (χ4n) is 6.75. The molecule has 12 nitrogen and oxygen atoms in total. The summed E-state index contributed by atoms with van der Waals surface area (Å²) in [5.74, 6) is -7.63. The van der Waals surface area contributed by atoms with Gasteiger partial charge in [-0.1, -0.05) is 30.3 Å². The van der Waals surface area contributed by atoms with E-state index in [1.165, 1.54) is 30.0 Å². The number of carbonyl (C=O) groups is 4. The molecule has 5 rings (SSSR count). The Morgan fingerprint density at radius 2 is 1.63 bits per heavy atom. The number of aliphatic hydroxyl groups excluding tert-OH is 3. The molecule has 0 bridgehead atoms. The first-order valence-electron chi connectivity index (χ1n) is 13.6. The molecule has 2 aromatic rings. The fourth-order valence-corrected chi connectivity index (χ4v) is 6.75. The second-order valence-electron chi connectivity index (χ2n) is 11.7. The maximum absolute atomic E-state index is 13.9. The number of phenolic OH excluding ortho intramolecular Hbond substituents is 1. The van der Waals surface area contributed by atoms with Gasteiger partial charge in [-0.3, -0.25) is 24.1 Å². The van der Waals surface area contributed by atoms with Crippen LogP contribution in [0.5, 0.6) is 5.75 Å². The highest BCUT2D eigenvalue weighted by Gasteiger charge is 2.63. The van der Waals surface area contributed by atoms with E-state index in [0.29, 0.717) is 22.3 Å². The smallest absolute Gasteiger partial charge is 0.255 e. The van der Waals surface area contributed by atoms with Crippen LogP contribution in [-0.4, -0.2) is 98.5 Å². The second kappa shape index (κ2) is 10.3. The zero-order valence-corrected chi connectivity index (χ0v) is 24.0. The zero-order valence-electron chi connectivity index (χ0n) is 24.0. The van der Waals surface area contributed by atoms with Gasteiger partial charge in [0, 0.05) is 25.6 Å². The molecule has 0 aromatic heterocycles. The number of primary amides is 1. The third-order valence-corrected chi connectivity index (χ3v) is 8.82. The summed E-state index contributed by atoms with van der Waals surface area (Å²) >= 11 is 0. The number of ketones is 2. The van der Waals surface area contributed by atoms with E-state index in [9.17, 15) is 44.7 Å². The Bertz CT molecular complexity index is 1640. The topological polar surface area (TPSA) is 202 Å². The summed E-state index contributed by atoms with van der Waals surface area (Å²) in [6.07, 6.45) is -1.26. The number of nitrogens with zero attached hydrogens (tertiary/aromatic N) is 2. The zero-order chi connectivity index (χ0) is 31.7. The quantitative estimate of drug-likeness (QED) is 0.271. The Hall–Kier alpha value is -4.52. The molecule has 0 saturated carbocycles. The molecule has 0 spiro atoms. The van der Waals surface area contributed by atoms with Crippen molar-refractivity contribution < 1.29 is 44.7 Å². The highest BCUT2D eigenvalue weighted by Crippen LogP contribution is 2.53. The van der Waals surface area contributed by atoms with E-state index in [0.717, 1.165) is 0 Å². The summed E-state index contributed by atoms with van der Waals surface area (Å²) in [5.41, 5.74) is 3.50. The van der Waals surface area contributed by atoms with Crippen molar-refractivity contribution in [2.75, 3.05) is 28.2 Å². The molecule has 3 aliphatic carbocycles. The van der Waals surface area contributed by atoms with E-state index in [2.05, 4.69) is 0 Å². The van der Waals surface area contributed by atoms with Crippen molar-refractivity contribution in [3.63, 3.8) is 0 Å². The van der Waals surface area contributed by atoms with Crippen molar-refractivity contribution >= 4 is 23.4 Å². The number of hydrogen-bond donors (Lipinski definition) is 6. The van der Waals surface area contributed by atoms with Crippen LogP contribution in [0.4, 0.5) is 0 Å². The minimum Gasteiger partial charge on any atom is -0.510 e. The van der Waals surface area contributed by atoms with E-state index < -0.39 is 70.1 Å². The number of phenols is 1. The summed E-state index contributed by atoms with van der Waals surface area (Å²) < 4.78 is 0. The number of benzene rings is 2. The fraction of sp³-hybridized carbons (Fsp3) is 0.355. The molecule has 0 fully saturated rings. The second-order valence-corrected chi connectivity index (χ2v) is 11.7. The van der Waals surface area contributed by atoms with Crippen LogP contribution in [-0.2, 0) is 20.8 Å². The number of rotatable bonds is 5. The van der Waals surface area contributed by atoms with Gasteiger partial charge < -0.3 is 36.2 Å². The number of likely N-dealkylation sites (N-methyl/N-ethyl adjacent to an activating group) is 2. The van der Waals surface area contributed by atoms with Gasteiger partial charge >= 0.3 is 0 Å². The monoisotopic (exact) mass is 591 g/mol. The van der Waals surface area contributed by atoms with Crippen LogP contribution in [0.3, 0.4) is 0 Å². The number of Topliss-reactive ketones (excluding diaryl/α,β-unsaturated/α-hetero) is 2. The van der Waals surface area contributed by atoms with Gasteiger partial charge in [0.05, 0.1) is 11.6 Å². The van der Waals surface area contributed by atoms with Crippen LogP contribution >= 0.6 is 0 Å². The summed E-state index contributed by atoms with van der Waals surface area (Å²) in [6, 6.07) is 8.40. The Morgan fingerprint density at radius 1 is 1.00 bits per heavy atom. The molecule has 0 saturated heterocycles. The third-order valence-electron chi connectivity index (χ3n) is 8.82. The molecule has 0 aliphatic heterocycles. The van der Waals surface area contributed by atoms with Crippen LogP contribution in [0, 0.1) is 11.8 Å². The minimum atomic E-state index is -2.71. The van der Waals surface area contributed by atoms with Crippen molar-refractivity contribution in [1.82, 2.24) is 9.80 Å². The molecule has 2 amide bonds. The lowest BCUT2D eigenvalue weighted by atomic mass is 9.58. The van der Waals surface area contributed by atoms with Crippen molar-refractivity contribution in [1.29, 1.82) is 0 Å². The minimum absolute atomic E-state index is 0.0291. The number of carbonyl (C=O) groups excluding carboxylic acids is 4. The molecule has 5 atom stereocenters. The van der Waals surface area contributed by atoms with Gasteiger partial charge in [-0.25, -0.2) is 0 Å². The number of aromatic hydroxyl groups is 1. The maximum Gasteiger partial charge on any atom is 0.255 e. The number of fused-ring (bicyclic) bond motifs is 3. The first kappa shape index (κ1) is 30.0. The number of aliphatic hydroxyl groups is 4. The van der Waals surface area contributed by atoms with Crippen LogP contribution in [0.25, 0.3) is 11.1 Å². The molecule has 2 aromatic carbocycles. The van der Waals surface area contributed by atoms with Gasteiger partial charge in [0.15, 0.2) is 17.5 Å². The molecule has 12 heteroatoms. The lowest BCUT2D eigenvalue weighted by Crippen LogP contribution is -2.63. The number of amides is 2. The number of hydrogen-bond acceptors (Lipinski definition) is 10. The van der Waals surface area contributed by atoms with Crippen LogP contribution < -0.4 is 5.73 Å². The largest absolute Gasteiger partial charge is 0.510 e. The highest BCUT2D eigenvalue weighted by atomic mass is 16.3. The Kier molecular flexibility index (Phi) is 7.20. The van der Waals surface area contributed by atoms with Crippen LogP contribution in [0.1, 0.15) is 34.0 Å². The summed E-state index contributed by atoms with van der Waals surface area (Å²) in [5, 5.41) is 55.3. The van der Waals surface area contributed by atoms with Crippen molar-refractivity contribution in [2.24, 2.45) is 17.6 Å². The van der Waals surface area contributed by atoms with E-state index in [-0.39, 0.29) is 29.7 Å². The number of allylic oxidation sites excluding steroid dienone is 1. The molecule has 0 radical (unpaired) electrons.